The molecule has 44 heavy (non-hydrogen) atoms. The van der Waals surface area contributed by atoms with E-state index in [4.69, 9.17) is 25.8 Å². The van der Waals surface area contributed by atoms with Crippen molar-refractivity contribution in [2.75, 3.05) is 25.5 Å². The summed E-state index contributed by atoms with van der Waals surface area (Å²) in [4.78, 5) is 22.5. The maximum Gasteiger partial charge on any atom is 0.245 e. The number of methoxy groups -OCH3 is 1. The molecule has 1 aliphatic rings. The second-order valence-corrected chi connectivity index (χ2v) is 11.2. The molecule has 5 rings (SSSR count). The van der Waals surface area contributed by atoms with E-state index in [2.05, 4.69) is 21.9 Å². The van der Waals surface area contributed by atoms with E-state index in [1.807, 2.05) is 0 Å². The number of aliphatic hydroxyl groups is 1. The third-order valence-corrected chi connectivity index (χ3v) is 7.56. The molecular weight excluding hydrogens is 594 g/mol. The van der Waals surface area contributed by atoms with Gasteiger partial charge in [0, 0.05) is 48.6 Å². The maximum atomic E-state index is 14.3. The Hall–Kier alpha value is -4.48. The van der Waals surface area contributed by atoms with E-state index in [1.165, 1.54) is 43.8 Å². The van der Waals surface area contributed by atoms with Crippen molar-refractivity contribution < 1.29 is 32.9 Å². The summed E-state index contributed by atoms with van der Waals surface area (Å²) in [5, 5.41) is 14.9. The van der Waals surface area contributed by atoms with Gasteiger partial charge in [0.15, 0.2) is 23.1 Å². The Balaban J connectivity index is 1.48. The van der Waals surface area contributed by atoms with Crippen molar-refractivity contribution in [3.05, 3.63) is 83.7 Å². The van der Waals surface area contributed by atoms with E-state index in [0.29, 0.717) is 65.4 Å². The predicted octanol–water partition coefficient (Wildman–Crippen LogP) is 6.89. The molecule has 2 heterocycles. The van der Waals surface area contributed by atoms with E-state index in [1.54, 1.807) is 30.9 Å². The topological polar surface area (TPSA) is 106 Å². The fraction of sp³-hybridized carbons (Fsp3) is 0.281. The van der Waals surface area contributed by atoms with Gasteiger partial charge in [0.25, 0.3) is 0 Å². The van der Waals surface area contributed by atoms with Gasteiger partial charge in [0.1, 0.15) is 24.0 Å². The minimum atomic E-state index is -1.41. The highest BCUT2D eigenvalue weighted by molar-refractivity contribution is 6.32. The number of ether oxygens (including phenoxy) is 3. The molecule has 0 saturated carbocycles. The van der Waals surface area contributed by atoms with Crippen LogP contribution in [0.1, 0.15) is 32.3 Å². The highest BCUT2D eigenvalue weighted by Crippen LogP contribution is 2.42. The van der Waals surface area contributed by atoms with Crippen molar-refractivity contribution in [3.8, 4) is 23.0 Å². The van der Waals surface area contributed by atoms with Crippen LogP contribution in [0.25, 0.3) is 10.9 Å². The molecule has 0 atom stereocenters. The van der Waals surface area contributed by atoms with Gasteiger partial charge in [0.2, 0.25) is 11.7 Å². The molecule has 12 heteroatoms. The van der Waals surface area contributed by atoms with Crippen LogP contribution in [0.5, 0.6) is 23.0 Å². The highest BCUT2D eigenvalue weighted by Gasteiger charge is 2.26. The molecule has 0 spiro atoms. The minimum Gasteiger partial charge on any atom is -0.493 e. The number of hydrogen-bond donors (Lipinski definition) is 2. The number of benzene rings is 3. The molecule has 9 nitrogen and oxygen atoms in total. The fourth-order valence-corrected chi connectivity index (χ4v) is 5.17. The van der Waals surface area contributed by atoms with Crippen LogP contribution in [-0.4, -0.2) is 52.2 Å². The minimum absolute atomic E-state index is 0.0210. The third-order valence-electron chi connectivity index (χ3n) is 7.26. The van der Waals surface area contributed by atoms with Crippen molar-refractivity contribution in [2.24, 2.45) is 0 Å². The van der Waals surface area contributed by atoms with Gasteiger partial charge in [-0.2, -0.15) is 4.39 Å². The van der Waals surface area contributed by atoms with Crippen LogP contribution in [0.2, 0.25) is 5.02 Å². The number of hydrogen-bond acceptors (Lipinski definition) is 8. The molecule has 0 unspecified atom stereocenters. The summed E-state index contributed by atoms with van der Waals surface area (Å²) >= 11 is 6.53. The number of likely N-dealkylation sites (tertiary alicyclic amines) is 1. The highest BCUT2D eigenvalue weighted by atomic mass is 35.5. The zero-order chi connectivity index (χ0) is 31.6. The number of halogens is 3. The number of nitrogens with one attached hydrogen (secondary N) is 1. The molecule has 1 aromatic heterocycles. The molecule has 2 N–H and O–H groups in total. The Bertz CT molecular complexity index is 1720. The molecule has 3 aromatic carbocycles. The second-order valence-electron chi connectivity index (χ2n) is 10.8. The number of carbonyl (C=O) groups is 1. The summed E-state index contributed by atoms with van der Waals surface area (Å²) in [6.07, 6.45) is 3.82. The third kappa shape index (κ3) is 6.53. The normalized spacial score (nSPS) is 13.9. The average Bonchev–Trinajstić information content (AvgIpc) is 3.00. The zero-order valence-electron chi connectivity index (χ0n) is 24.4. The van der Waals surface area contributed by atoms with Crippen molar-refractivity contribution in [1.82, 2.24) is 14.9 Å². The fourth-order valence-electron chi connectivity index (χ4n) is 4.97. The smallest absolute Gasteiger partial charge is 0.245 e. The van der Waals surface area contributed by atoms with Crippen LogP contribution in [0.3, 0.4) is 0 Å². The van der Waals surface area contributed by atoms with E-state index in [9.17, 15) is 18.7 Å². The first-order valence-electron chi connectivity index (χ1n) is 13.8. The Morgan fingerprint density at radius 3 is 2.55 bits per heavy atom. The Morgan fingerprint density at radius 1 is 1.11 bits per heavy atom. The van der Waals surface area contributed by atoms with E-state index >= 15 is 0 Å². The molecule has 1 fully saturated rings. The van der Waals surface area contributed by atoms with Crippen LogP contribution in [0, 0.1) is 11.6 Å². The first-order valence-corrected chi connectivity index (χ1v) is 14.2. The van der Waals surface area contributed by atoms with Crippen LogP contribution in [0.4, 0.5) is 20.3 Å². The number of nitrogens with zero attached hydrogens (tertiary/aromatic N) is 3. The lowest BCUT2D eigenvalue weighted by Gasteiger charge is -2.31. The van der Waals surface area contributed by atoms with Crippen molar-refractivity contribution in [2.45, 2.75) is 38.4 Å². The Kier molecular flexibility index (Phi) is 8.89. The monoisotopic (exact) mass is 624 g/mol. The summed E-state index contributed by atoms with van der Waals surface area (Å²) in [6, 6.07) is 10.0. The number of rotatable bonds is 9. The maximum absolute atomic E-state index is 14.3. The van der Waals surface area contributed by atoms with Gasteiger partial charge in [-0.1, -0.05) is 24.2 Å². The summed E-state index contributed by atoms with van der Waals surface area (Å²) in [7, 11) is 1.54. The van der Waals surface area contributed by atoms with Gasteiger partial charge in [-0.15, -0.1) is 0 Å². The molecule has 1 aliphatic heterocycles. The molecule has 0 bridgehead atoms. The number of amides is 1. The summed E-state index contributed by atoms with van der Waals surface area (Å²) in [5.41, 5.74) is -0.0952. The van der Waals surface area contributed by atoms with Crippen LogP contribution < -0.4 is 19.5 Å². The lowest BCUT2D eigenvalue weighted by molar-refractivity contribution is -0.127. The Labute approximate surface area is 258 Å². The van der Waals surface area contributed by atoms with Gasteiger partial charge in [-0.05, 0) is 50.3 Å². The lowest BCUT2D eigenvalue weighted by atomic mass is 9.96. The molecule has 1 saturated heterocycles. The molecule has 0 aliphatic carbocycles. The standard InChI is InChI=1S/C32H31ClF2N4O5/c1-5-29(40)39-11-9-18(10-12-39)43-28-13-19-23(16-27(28)42-4)36-17-37-31(19)38-24-15-21(33)26(14-20(24)32(2,3)41)44-25-8-6-7-22(34)30(25)35/h5-8,13-18,41H,1,9-12H2,2-4H3,(H,36,37,38). The quantitative estimate of drug-likeness (QED) is 0.194. The number of anilines is 2. The van der Waals surface area contributed by atoms with Crippen molar-refractivity contribution >= 4 is 39.9 Å². The summed E-state index contributed by atoms with van der Waals surface area (Å²) in [5.74, 6) is -1.31. The first kappa shape index (κ1) is 31.0. The summed E-state index contributed by atoms with van der Waals surface area (Å²) in [6.45, 7) is 7.78. The Morgan fingerprint density at radius 2 is 1.86 bits per heavy atom. The lowest BCUT2D eigenvalue weighted by Crippen LogP contribution is -2.41. The number of fused-ring (bicyclic) bond motifs is 1. The van der Waals surface area contributed by atoms with E-state index < -0.39 is 17.2 Å². The number of piperidine rings is 1. The number of carbonyl (C=O) groups excluding carboxylic acids is 1. The molecular formula is C32H31ClF2N4O5. The van der Waals surface area contributed by atoms with Gasteiger partial charge >= 0.3 is 0 Å². The zero-order valence-corrected chi connectivity index (χ0v) is 25.1. The first-order chi connectivity index (χ1) is 21.0. The van der Waals surface area contributed by atoms with Crippen LogP contribution in [0.15, 0.2) is 61.4 Å². The summed E-state index contributed by atoms with van der Waals surface area (Å²) < 4.78 is 45.6. The number of aromatic nitrogens is 2. The largest absolute Gasteiger partial charge is 0.493 e. The van der Waals surface area contributed by atoms with Gasteiger partial charge in [0.05, 0.1) is 23.3 Å². The predicted molar refractivity (Wildman–Crippen MR) is 163 cm³/mol. The average molecular weight is 625 g/mol. The van der Waals surface area contributed by atoms with Gasteiger partial charge in [-0.3, -0.25) is 4.79 Å². The molecule has 230 valence electrons. The molecule has 1 amide bonds. The SMILES string of the molecule is C=CC(=O)N1CCC(Oc2cc3c(Nc4cc(Cl)c(Oc5cccc(F)c5F)cc4C(C)(C)O)ncnc3cc2OC)CC1. The van der Waals surface area contributed by atoms with E-state index in [0.717, 1.165) is 6.07 Å². The van der Waals surface area contributed by atoms with Crippen LogP contribution in [-0.2, 0) is 10.4 Å². The van der Waals surface area contributed by atoms with Crippen LogP contribution >= 0.6 is 11.6 Å². The van der Waals surface area contributed by atoms with Gasteiger partial charge in [-0.25, -0.2) is 14.4 Å². The van der Waals surface area contributed by atoms with Gasteiger partial charge < -0.3 is 29.5 Å². The van der Waals surface area contributed by atoms with Crippen molar-refractivity contribution in [1.29, 1.82) is 0 Å². The second kappa shape index (κ2) is 12.6. The molecule has 0 radical (unpaired) electrons. The van der Waals surface area contributed by atoms with E-state index in [-0.39, 0.29) is 28.5 Å². The molecule has 4 aromatic rings. The van der Waals surface area contributed by atoms with Crippen molar-refractivity contribution in [3.63, 3.8) is 0 Å².